The Balaban J connectivity index is 3.21. The first-order valence-electron chi connectivity index (χ1n) is 3.73. The van der Waals surface area contributed by atoms with E-state index in [0.717, 1.165) is 5.69 Å². The number of imidazole rings is 1. The molecule has 0 saturated carbocycles. The van der Waals surface area contributed by atoms with Crippen molar-refractivity contribution in [3.05, 3.63) is 11.9 Å². The molecule has 11 heavy (non-hydrogen) atoms. The van der Waals surface area contributed by atoms with Crippen LogP contribution in [0.25, 0.3) is 0 Å². The second kappa shape index (κ2) is 2.26. The van der Waals surface area contributed by atoms with Gasteiger partial charge >= 0.3 is 0 Å². The molecule has 3 heteroatoms. The third-order valence-electron chi connectivity index (χ3n) is 1.64. The molecule has 1 aromatic rings. The Labute approximate surface area is 67.2 Å². The Morgan fingerprint density at radius 2 is 2.00 bits per heavy atom. The van der Waals surface area contributed by atoms with Crippen LogP contribution >= 0.6 is 0 Å². The maximum absolute atomic E-state index is 5.68. The van der Waals surface area contributed by atoms with Crippen LogP contribution in [0.5, 0.6) is 0 Å². The zero-order chi connectivity index (χ0) is 8.65. The van der Waals surface area contributed by atoms with Gasteiger partial charge in [-0.25, -0.2) is 4.98 Å². The molecule has 0 unspecified atom stereocenters. The molecule has 0 amide bonds. The lowest BCUT2D eigenvalue weighted by molar-refractivity contribution is 0.395. The van der Waals surface area contributed by atoms with Gasteiger partial charge in [0, 0.05) is 11.2 Å². The molecule has 0 spiro atoms. The van der Waals surface area contributed by atoms with E-state index in [1.54, 1.807) is 6.20 Å². The second-order valence-electron chi connectivity index (χ2n) is 3.76. The Bertz CT molecular complexity index is 235. The second-order valence-corrected chi connectivity index (χ2v) is 3.76. The van der Waals surface area contributed by atoms with E-state index in [1.807, 2.05) is 11.5 Å². The van der Waals surface area contributed by atoms with Crippen molar-refractivity contribution in [2.75, 3.05) is 5.73 Å². The molecule has 0 aromatic carbocycles. The quantitative estimate of drug-likeness (QED) is 0.614. The number of hydrogen-bond donors (Lipinski definition) is 1. The van der Waals surface area contributed by atoms with Crippen molar-refractivity contribution >= 4 is 5.95 Å². The molecule has 0 aliphatic carbocycles. The molecule has 1 aromatic heterocycles. The van der Waals surface area contributed by atoms with Gasteiger partial charge in [-0.05, 0) is 27.7 Å². The van der Waals surface area contributed by atoms with Crippen molar-refractivity contribution in [2.45, 2.75) is 33.2 Å². The summed E-state index contributed by atoms with van der Waals surface area (Å²) in [7, 11) is 0. The summed E-state index contributed by atoms with van der Waals surface area (Å²) in [4.78, 5) is 4.02. The maximum atomic E-state index is 5.68. The molecule has 0 aliphatic rings. The van der Waals surface area contributed by atoms with Crippen LogP contribution in [0, 0.1) is 6.92 Å². The summed E-state index contributed by atoms with van der Waals surface area (Å²) in [6.07, 6.45) is 1.79. The number of nitrogen functional groups attached to an aromatic ring is 1. The summed E-state index contributed by atoms with van der Waals surface area (Å²) in [5.41, 5.74) is 6.82. The van der Waals surface area contributed by atoms with Crippen LogP contribution in [-0.4, -0.2) is 9.55 Å². The minimum Gasteiger partial charge on any atom is -0.369 e. The Morgan fingerprint density at radius 3 is 2.18 bits per heavy atom. The summed E-state index contributed by atoms with van der Waals surface area (Å²) in [5, 5.41) is 0. The molecule has 0 radical (unpaired) electrons. The molecular weight excluding hydrogens is 138 g/mol. The highest BCUT2D eigenvalue weighted by molar-refractivity contribution is 5.24. The first kappa shape index (κ1) is 8.11. The van der Waals surface area contributed by atoms with E-state index in [-0.39, 0.29) is 5.54 Å². The highest BCUT2D eigenvalue weighted by atomic mass is 15.2. The summed E-state index contributed by atoms with van der Waals surface area (Å²) in [6, 6.07) is 0. The molecule has 0 fully saturated rings. The molecule has 0 atom stereocenters. The van der Waals surface area contributed by atoms with Gasteiger partial charge in [-0.2, -0.15) is 0 Å². The van der Waals surface area contributed by atoms with E-state index in [1.165, 1.54) is 0 Å². The summed E-state index contributed by atoms with van der Waals surface area (Å²) in [5.74, 6) is 0.593. The van der Waals surface area contributed by atoms with Crippen molar-refractivity contribution in [1.82, 2.24) is 9.55 Å². The van der Waals surface area contributed by atoms with Crippen LogP contribution in [0.15, 0.2) is 6.20 Å². The molecule has 62 valence electrons. The standard InChI is InChI=1S/C8H15N3/c1-6-5-10-7(9)11(6)8(2,3)4/h5H,1-4H3,(H2,9,10). The van der Waals surface area contributed by atoms with Gasteiger partial charge in [0.05, 0.1) is 6.20 Å². The smallest absolute Gasteiger partial charge is 0.200 e. The van der Waals surface area contributed by atoms with E-state index in [2.05, 4.69) is 25.8 Å². The van der Waals surface area contributed by atoms with E-state index in [9.17, 15) is 0 Å². The van der Waals surface area contributed by atoms with Crippen molar-refractivity contribution in [3.8, 4) is 0 Å². The minimum absolute atomic E-state index is 0.0324. The number of hydrogen-bond acceptors (Lipinski definition) is 2. The van der Waals surface area contributed by atoms with E-state index in [0.29, 0.717) is 5.95 Å². The van der Waals surface area contributed by atoms with Crippen molar-refractivity contribution < 1.29 is 0 Å². The topological polar surface area (TPSA) is 43.8 Å². The van der Waals surface area contributed by atoms with Crippen LogP contribution in [0.1, 0.15) is 26.5 Å². The van der Waals surface area contributed by atoms with Crippen molar-refractivity contribution in [3.63, 3.8) is 0 Å². The number of aryl methyl sites for hydroxylation is 1. The molecule has 0 aliphatic heterocycles. The third-order valence-corrected chi connectivity index (χ3v) is 1.64. The number of nitrogens with zero attached hydrogens (tertiary/aromatic N) is 2. The van der Waals surface area contributed by atoms with Crippen LogP contribution in [0.3, 0.4) is 0 Å². The fourth-order valence-corrected chi connectivity index (χ4v) is 1.33. The van der Waals surface area contributed by atoms with Gasteiger partial charge in [-0.1, -0.05) is 0 Å². The predicted octanol–water partition coefficient (Wildman–Crippen LogP) is 1.53. The van der Waals surface area contributed by atoms with E-state index in [4.69, 9.17) is 5.73 Å². The van der Waals surface area contributed by atoms with E-state index >= 15 is 0 Å². The third kappa shape index (κ3) is 1.37. The molecule has 2 N–H and O–H groups in total. The van der Waals surface area contributed by atoms with Crippen molar-refractivity contribution in [2.24, 2.45) is 0 Å². The van der Waals surface area contributed by atoms with Gasteiger partial charge in [0.2, 0.25) is 5.95 Å². The lowest BCUT2D eigenvalue weighted by Crippen LogP contribution is -2.24. The average Bonchev–Trinajstić information content (AvgIpc) is 2.08. The highest BCUT2D eigenvalue weighted by Crippen LogP contribution is 2.20. The normalized spacial score (nSPS) is 12.0. The average molecular weight is 153 g/mol. The number of anilines is 1. The first-order chi connectivity index (χ1) is 4.93. The Hall–Kier alpha value is -0.990. The van der Waals surface area contributed by atoms with Gasteiger partial charge in [-0.15, -0.1) is 0 Å². The summed E-state index contributed by atoms with van der Waals surface area (Å²) < 4.78 is 2.02. The maximum Gasteiger partial charge on any atom is 0.200 e. The minimum atomic E-state index is 0.0324. The van der Waals surface area contributed by atoms with Gasteiger partial charge in [0.1, 0.15) is 0 Å². The fourth-order valence-electron chi connectivity index (χ4n) is 1.33. The zero-order valence-corrected chi connectivity index (χ0v) is 7.55. The monoisotopic (exact) mass is 153 g/mol. The number of nitrogens with two attached hydrogens (primary N) is 1. The van der Waals surface area contributed by atoms with Gasteiger partial charge in [0.25, 0.3) is 0 Å². The Morgan fingerprint density at radius 1 is 1.45 bits per heavy atom. The molecule has 0 bridgehead atoms. The van der Waals surface area contributed by atoms with Gasteiger partial charge < -0.3 is 10.3 Å². The highest BCUT2D eigenvalue weighted by Gasteiger charge is 2.17. The van der Waals surface area contributed by atoms with Gasteiger partial charge in [0.15, 0.2) is 0 Å². The van der Waals surface area contributed by atoms with Gasteiger partial charge in [-0.3, -0.25) is 0 Å². The predicted molar refractivity (Wildman–Crippen MR) is 46.4 cm³/mol. The first-order valence-corrected chi connectivity index (χ1v) is 3.73. The molecular formula is C8H15N3. The SMILES string of the molecule is Cc1cnc(N)n1C(C)(C)C. The lowest BCUT2D eigenvalue weighted by Gasteiger charge is -2.23. The molecule has 3 nitrogen and oxygen atoms in total. The van der Waals surface area contributed by atoms with Crippen LogP contribution in [0.2, 0.25) is 0 Å². The van der Waals surface area contributed by atoms with Crippen molar-refractivity contribution in [1.29, 1.82) is 0 Å². The fraction of sp³-hybridized carbons (Fsp3) is 0.625. The Kier molecular flexibility index (Phi) is 1.66. The largest absolute Gasteiger partial charge is 0.369 e. The van der Waals surface area contributed by atoms with Crippen LogP contribution in [-0.2, 0) is 5.54 Å². The lowest BCUT2D eigenvalue weighted by atomic mass is 10.1. The summed E-state index contributed by atoms with van der Waals surface area (Å²) in [6.45, 7) is 8.34. The number of rotatable bonds is 0. The number of aromatic nitrogens is 2. The molecule has 1 rings (SSSR count). The van der Waals surface area contributed by atoms with Crippen LogP contribution < -0.4 is 5.73 Å². The van der Waals surface area contributed by atoms with Crippen LogP contribution in [0.4, 0.5) is 5.95 Å². The van der Waals surface area contributed by atoms with E-state index < -0.39 is 0 Å². The molecule has 1 heterocycles. The molecule has 0 saturated heterocycles. The zero-order valence-electron chi connectivity index (χ0n) is 7.55. The summed E-state index contributed by atoms with van der Waals surface area (Å²) >= 11 is 0.